The Bertz CT molecular complexity index is 1270. The molecule has 0 unspecified atom stereocenters. The van der Waals surface area contributed by atoms with Gasteiger partial charge in [-0.3, -0.25) is 0 Å². The van der Waals surface area contributed by atoms with Crippen LogP contribution in [0.15, 0.2) is 64.0 Å². The van der Waals surface area contributed by atoms with Crippen molar-refractivity contribution in [3.05, 3.63) is 70.3 Å². The predicted octanol–water partition coefficient (Wildman–Crippen LogP) is 5.27. The SMILES string of the molecule is Cc1cccc(-c2nc3ncccc3o2)c1OS(=O)(=O)c1cccc(Cl)c1Cl. The van der Waals surface area contributed by atoms with Crippen molar-refractivity contribution < 1.29 is 17.0 Å². The van der Waals surface area contributed by atoms with Crippen LogP contribution in [0.4, 0.5) is 0 Å². The van der Waals surface area contributed by atoms with Crippen LogP contribution in [0.3, 0.4) is 0 Å². The smallest absolute Gasteiger partial charge is 0.340 e. The van der Waals surface area contributed by atoms with Crippen molar-refractivity contribution >= 4 is 44.6 Å². The van der Waals surface area contributed by atoms with E-state index in [-0.39, 0.29) is 26.6 Å². The zero-order valence-electron chi connectivity index (χ0n) is 14.4. The zero-order chi connectivity index (χ0) is 19.9. The molecule has 9 heteroatoms. The van der Waals surface area contributed by atoms with E-state index >= 15 is 0 Å². The third kappa shape index (κ3) is 3.32. The van der Waals surface area contributed by atoms with Gasteiger partial charge < -0.3 is 8.60 Å². The Morgan fingerprint density at radius 2 is 1.82 bits per heavy atom. The second kappa shape index (κ2) is 7.09. The van der Waals surface area contributed by atoms with Gasteiger partial charge in [-0.15, -0.1) is 0 Å². The number of benzene rings is 2. The Hall–Kier alpha value is -2.61. The lowest BCUT2D eigenvalue weighted by Gasteiger charge is -2.13. The minimum Gasteiger partial charge on any atom is -0.434 e. The van der Waals surface area contributed by atoms with E-state index in [9.17, 15) is 8.42 Å². The van der Waals surface area contributed by atoms with Gasteiger partial charge in [0.05, 0.1) is 15.6 Å². The molecule has 0 saturated carbocycles. The molecule has 142 valence electrons. The first-order valence-corrected chi connectivity index (χ1v) is 10.2. The van der Waals surface area contributed by atoms with Crippen LogP contribution >= 0.6 is 23.2 Å². The molecule has 4 rings (SSSR count). The molecule has 0 fully saturated rings. The van der Waals surface area contributed by atoms with Crippen molar-refractivity contribution in [2.75, 3.05) is 0 Å². The van der Waals surface area contributed by atoms with E-state index in [2.05, 4.69) is 9.97 Å². The molecule has 0 atom stereocenters. The average molecular weight is 435 g/mol. The number of aromatic nitrogens is 2. The molecule has 0 spiro atoms. The fraction of sp³-hybridized carbons (Fsp3) is 0.0526. The summed E-state index contributed by atoms with van der Waals surface area (Å²) in [5, 5.41) is 0.00624. The standard InChI is InChI=1S/C19H12Cl2N2O4S/c1-11-5-2-6-12(19-23-18-14(26-19)8-4-10-22-18)17(11)27-28(24,25)15-9-3-7-13(20)16(15)21/h2-10H,1H3. The van der Waals surface area contributed by atoms with E-state index in [1.54, 1.807) is 43.5 Å². The first-order valence-electron chi connectivity index (χ1n) is 8.07. The third-order valence-electron chi connectivity index (χ3n) is 3.99. The van der Waals surface area contributed by atoms with Crippen LogP contribution in [0.5, 0.6) is 5.75 Å². The maximum Gasteiger partial charge on any atom is 0.340 e. The molecular formula is C19H12Cl2N2O4S. The van der Waals surface area contributed by atoms with Crippen LogP contribution in [-0.2, 0) is 10.1 Å². The third-order valence-corrected chi connectivity index (χ3v) is 6.18. The van der Waals surface area contributed by atoms with E-state index in [4.69, 9.17) is 31.8 Å². The minimum atomic E-state index is -4.25. The van der Waals surface area contributed by atoms with E-state index in [0.717, 1.165) is 0 Å². The van der Waals surface area contributed by atoms with Crippen LogP contribution in [0, 0.1) is 6.92 Å². The molecule has 0 saturated heterocycles. The van der Waals surface area contributed by atoms with Crippen LogP contribution in [0.2, 0.25) is 10.0 Å². The Morgan fingerprint density at radius 3 is 2.61 bits per heavy atom. The normalized spacial score (nSPS) is 11.7. The number of rotatable bonds is 4. The van der Waals surface area contributed by atoms with Crippen LogP contribution in [-0.4, -0.2) is 18.4 Å². The second-order valence-electron chi connectivity index (χ2n) is 5.89. The molecule has 0 aliphatic heterocycles. The highest BCUT2D eigenvalue weighted by Crippen LogP contribution is 2.37. The minimum absolute atomic E-state index is 0.0881. The average Bonchev–Trinajstić information content (AvgIpc) is 3.09. The van der Waals surface area contributed by atoms with E-state index in [1.165, 1.54) is 18.2 Å². The van der Waals surface area contributed by atoms with E-state index < -0.39 is 10.1 Å². The van der Waals surface area contributed by atoms with Crippen molar-refractivity contribution in [1.29, 1.82) is 0 Å². The number of nitrogens with zero attached hydrogens (tertiary/aromatic N) is 2. The summed E-state index contributed by atoms with van der Waals surface area (Å²) < 4.78 is 36.9. The van der Waals surface area contributed by atoms with Gasteiger partial charge in [-0.05, 0) is 42.8 Å². The lowest BCUT2D eigenvalue weighted by molar-refractivity contribution is 0.483. The van der Waals surface area contributed by atoms with Gasteiger partial charge in [0.1, 0.15) is 4.90 Å². The lowest BCUT2D eigenvalue weighted by atomic mass is 10.1. The molecule has 0 radical (unpaired) electrons. The van der Waals surface area contributed by atoms with Crippen molar-refractivity contribution in [2.45, 2.75) is 11.8 Å². The number of pyridine rings is 1. The molecule has 0 N–H and O–H groups in total. The number of hydrogen-bond acceptors (Lipinski definition) is 6. The molecule has 4 aromatic rings. The molecule has 0 amide bonds. The number of aryl methyl sites for hydroxylation is 1. The summed E-state index contributed by atoms with van der Waals surface area (Å²) in [6.45, 7) is 1.72. The molecule has 2 aromatic heterocycles. The topological polar surface area (TPSA) is 82.3 Å². The predicted molar refractivity (Wildman–Crippen MR) is 106 cm³/mol. The van der Waals surface area contributed by atoms with Gasteiger partial charge in [0.15, 0.2) is 17.0 Å². The van der Waals surface area contributed by atoms with Gasteiger partial charge in [-0.25, -0.2) is 4.98 Å². The van der Waals surface area contributed by atoms with Crippen molar-refractivity contribution in [3.8, 4) is 17.2 Å². The monoisotopic (exact) mass is 434 g/mol. The molecule has 0 bridgehead atoms. The van der Waals surface area contributed by atoms with Gasteiger partial charge in [-0.1, -0.05) is 41.4 Å². The fourth-order valence-corrected chi connectivity index (χ4v) is 4.39. The highest BCUT2D eigenvalue weighted by Gasteiger charge is 2.25. The quantitative estimate of drug-likeness (QED) is 0.406. The summed E-state index contributed by atoms with van der Waals surface area (Å²) in [7, 11) is -4.25. The van der Waals surface area contributed by atoms with Crippen molar-refractivity contribution in [2.24, 2.45) is 0 Å². The maximum absolute atomic E-state index is 12.9. The van der Waals surface area contributed by atoms with Gasteiger partial charge in [0, 0.05) is 6.20 Å². The van der Waals surface area contributed by atoms with Crippen LogP contribution in [0.1, 0.15) is 5.56 Å². The van der Waals surface area contributed by atoms with Gasteiger partial charge in [0.25, 0.3) is 0 Å². The number of halogens is 2. The Labute approximate surface area is 170 Å². The van der Waals surface area contributed by atoms with E-state index in [1.807, 2.05) is 0 Å². The summed E-state index contributed by atoms with van der Waals surface area (Å²) in [5.41, 5.74) is 1.84. The summed E-state index contributed by atoms with van der Waals surface area (Å²) in [4.78, 5) is 8.22. The number of fused-ring (bicyclic) bond motifs is 1. The zero-order valence-corrected chi connectivity index (χ0v) is 16.7. The molecule has 2 heterocycles. The first kappa shape index (κ1) is 18.7. The largest absolute Gasteiger partial charge is 0.434 e. The number of para-hydroxylation sites is 1. The Kier molecular flexibility index (Phi) is 4.74. The molecular weight excluding hydrogens is 423 g/mol. The molecule has 6 nitrogen and oxygen atoms in total. The first-order chi connectivity index (χ1) is 13.4. The summed E-state index contributed by atoms with van der Waals surface area (Å²) >= 11 is 12.0. The summed E-state index contributed by atoms with van der Waals surface area (Å²) in [6.07, 6.45) is 1.59. The van der Waals surface area contributed by atoms with Gasteiger partial charge in [0.2, 0.25) is 5.89 Å². The maximum atomic E-state index is 12.9. The highest BCUT2D eigenvalue weighted by molar-refractivity contribution is 7.87. The van der Waals surface area contributed by atoms with Crippen molar-refractivity contribution in [3.63, 3.8) is 0 Å². The molecule has 2 aromatic carbocycles. The fourth-order valence-electron chi connectivity index (χ4n) is 2.65. The highest BCUT2D eigenvalue weighted by atomic mass is 35.5. The van der Waals surface area contributed by atoms with Gasteiger partial charge >= 0.3 is 10.1 Å². The number of hydrogen-bond donors (Lipinski definition) is 0. The molecule has 0 aliphatic rings. The number of oxazole rings is 1. The van der Waals surface area contributed by atoms with Crippen molar-refractivity contribution in [1.82, 2.24) is 9.97 Å². The second-order valence-corrected chi connectivity index (χ2v) is 8.19. The van der Waals surface area contributed by atoms with E-state index in [0.29, 0.717) is 22.4 Å². The van der Waals surface area contributed by atoms with Gasteiger partial charge in [-0.2, -0.15) is 13.4 Å². The molecule has 0 aliphatic carbocycles. The van der Waals surface area contributed by atoms with Crippen LogP contribution in [0.25, 0.3) is 22.7 Å². The Morgan fingerprint density at radius 1 is 1.04 bits per heavy atom. The Balaban J connectivity index is 1.83. The lowest BCUT2D eigenvalue weighted by Crippen LogP contribution is -2.12. The summed E-state index contributed by atoms with van der Waals surface area (Å²) in [6, 6.07) is 12.9. The summed E-state index contributed by atoms with van der Waals surface area (Å²) in [5.74, 6) is 0.282. The molecule has 28 heavy (non-hydrogen) atoms. The van der Waals surface area contributed by atoms with Crippen LogP contribution < -0.4 is 4.18 Å².